The van der Waals surface area contributed by atoms with E-state index in [0.717, 1.165) is 146 Å². The molecule has 0 amide bonds. The normalized spacial score (nSPS) is 12.2. The molecule has 6 aromatic heterocycles. The highest BCUT2D eigenvalue weighted by Gasteiger charge is 2.30. The van der Waals surface area contributed by atoms with E-state index < -0.39 is 0 Å². The number of aryl methyl sites for hydroxylation is 6. The van der Waals surface area contributed by atoms with Crippen molar-refractivity contribution in [2.24, 2.45) is 0 Å². The highest BCUT2D eigenvalue weighted by Crippen LogP contribution is 2.52. The Balaban J connectivity index is 0.000000134. The fraction of sp³-hybridized carbons (Fsp3) is 0.280. The Hall–Kier alpha value is -14.1. The molecule has 0 bridgehead atoms. The highest BCUT2D eigenvalue weighted by atomic mass is 14.9. The average molecular weight is 1790 g/mol. The minimum atomic E-state index is 0.232. The second-order valence-corrected chi connectivity index (χ2v) is 41.1. The zero-order valence-corrected chi connectivity index (χ0v) is 84.4. The highest BCUT2D eigenvalue weighted by molar-refractivity contribution is 6.32. The van der Waals surface area contributed by atoms with E-state index >= 15 is 0 Å². The quantitative estimate of drug-likeness (QED) is 0.0751. The van der Waals surface area contributed by atoms with Crippen LogP contribution in [0.15, 0.2) is 225 Å². The first-order chi connectivity index (χ1) is 65.7. The SMILES string of the molecule is CC(C)c1cc2ccc3c(-c4cc(C(C)C)nc(C(C)C)n4)cc(-c4cc(C(C)C)nc(C(C)C)n4)c4ccc(c1)c2c34.Cc1cc(-c2ccccc2C)nc(-c2cc(-c3nc(C)cc(-c4ccccc4C)n3)c3ccc4cc(-c5c(C(C)C)cccc5C(C)C)cc5ccc2c3c54)n1.Cc1ncnc(-c2cc(-c3ncnc(C)c3C)c3ccc4c(C(C)C)cc(C(C)C)c5ccc2c3c54)c1C. The second-order valence-electron chi connectivity index (χ2n) is 41.1. The van der Waals surface area contributed by atoms with Crippen molar-refractivity contribution in [3.63, 3.8) is 0 Å². The Kier molecular flexibility index (Phi) is 24.5. The van der Waals surface area contributed by atoms with Crippen molar-refractivity contribution >= 4 is 97.0 Å². The fourth-order valence-electron chi connectivity index (χ4n) is 20.8. The molecule has 21 aromatic rings. The molecule has 0 aliphatic carbocycles. The molecule has 0 fully saturated rings. The smallest absolute Gasteiger partial charge is 0.160 e. The van der Waals surface area contributed by atoms with Crippen LogP contribution in [0.5, 0.6) is 0 Å². The van der Waals surface area contributed by atoms with Crippen LogP contribution in [0.4, 0.5) is 0 Å². The van der Waals surface area contributed by atoms with Crippen LogP contribution in [0.2, 0.25) is 0 Å². The predicted octanol–water partition coefficient (Wildman–Crippen LogP) is 34.1. The topological polar surface area (TPSA) is 155 Å². The van der Waals surface area contributed by atoms with Gasteiger partial charge in [-0.05, 0) is 310 Å². The van der Waals surface area contributed by atoms with Gasteiger partial charge in [0.1, 0.15) is 24.3 Å². The van der Waals surface area contributed by atoms with Gasteiger partial charge in [0.2, 0.25) is 0 Å². The maximum atomic E-state index is 5.30. The number of hydrogen-bond acceptors (Lipinski definition) is 12. The lowest BCUT2D eigenvalue weighted by atomic mass is 9.81. The Morgan fingerprint density at radius 1 is 0.226 bits per heavy atom. The van der Waals surface area contributed by atoms with Gasteiger partial charge in [-0.2, -0.15) is 0 Å². The van der Waals surface area contributed by atoms with Gasteiger partial charge in [0.15, 0.2) is 11.6 Å². The molecule has 684 valence electrons. The molecule has 6 heterocycles. The monoisotopic (exact) mass is 1790 g/mol. The van der Waals surface area contributed by atoms with Crippen molar-refractivity contribution < 1.29 is 0 Å². The van der Waals surface area contributed by atoms with E-state index in [1.807, 2.05) is 0 Å². The minimum absolute atomic E-state index is 0.232. The largest absolute Gasteiger partial charge is 0.241 e. The third kappa shape index (κ3) is 16.7. The summed E-state index contributed by atoms with van der Waals surface area (Å²) < 4.78 is 0. The zero-order chi connectivity index (χ0) is 96.4. The maximum absolute atomic E-state index is 5.30. The average Bonchev–Trinajstić information content (AvgIpc) is 0.729. The number of aromatic nitrogens is 12. The second kappa shape index (κ2) is 36.5. The third-order valence-corrected chi connectivity index (χ3v) is 28.5. The van der Waals surface area contributed by atoms with Gasteiger partial charge in [-0.3, -0.25) is 0 Å². The Morgan fingerprint density at radius 3 is 0.956 bits per heavy atom. The summed E-state index contributed by atoms with van der Waals surface area (Å²) in [6.07, 6.45) is 3.37. The molecular weight excluding hydrogens is 1670 g/mol. The number of rotatable bonds is 18. The van der Waals surface area contributed by atoms with E-state index in [0.29, 0.717) is 53.1 Å². The predicted molar refractivity (Wildman–Crippen MR) is 578 cm³/mol. The van der Waals surface area contributed by atoms with Gasteiger partial charge in [-0.25, -0.2) is 59.8 Å². The third-order valence-electron chi connectivity index (χ3n) is 28.5. The first kappa shape index (κ1) is 92.0. The molecule has 0 aliphatic heterocycles. The molecule has 0 atom stereocenters. The Bertz CT molecular complexity index is 7810. The van der Waals surface area contributed by atoms with E-state index in [1.54, 1.807) is 12.7 Å². The van der Waals surface area contributed by atoms with Crippen LogP contribution in [0.1, 0.15) is 274 Å². The fourth-order valence-corrected chi connectivity index (χ4v) is 20.8. The minimum Gasteiger partial charge on any atom is -0.241 e. The molecule has 137 heavy (non-hydrogen) atoms. The number of benzene rings is 15. The van der Waals surface area contributed by atoms with Crippen LogP contribution in [0.3, 0.4) is 0 Å². The van der Waals surface area contributed by atoms with Crippen molar-refractivity contribution in [3.8, 4) is 101 Å². The maximum Gasteiger partial charge on any atom is 0.160 e. The summed E-state index contributed by atoms with van der Waals surface area (Å²) in [6, 6.07) is 78.7. The van der Waals surface area contributed by atoms with Gasteiger partial charge < -0.3 is 0 Å². The molecule has 0 spiro atoms. The number of hydrogen-bond donors (Lipinski definition) is 0. The molecule has 0 aliphatic rings. The summed E-state index contributed by atoms with van der Waals surface area (Å²) in [7, 11) is 0. The molecule has 0 N–H and O–H groups in total. The van der Waals surface area contributed by atoms with E-state index in [-0.39, 0.29) is 11.8 Å². The van der Waals surface area contributed by atoms with Crippen molar-refractivity contribution in [3.05, 3.63) is 321 Å². The van der Waals surface area contributed by atoms with Gasteiger partial charge in [0, 0.05) is 90.5 Å². The molecule has 0 radical (unpaired) electrons. The Morgan fingerprint density at radius 2 is 0.569 bits per heavy atom. The molecule has 15 aromatic carbocycles. The van der Waals surface area contributed by atoms with Gasteiger partial charge in [-0.1, -0.05) is 282 Å². The standard InChI is InChI=1S/C52H46N4.C39H44N4.C34H34N4/c1-29(2)38-18-13-19-39(30(3)4)49(38)37-26-35-20-22-42-44(51-53-33(7)24-46(55-51)40-16-11-9-14-31(40)5)28-45(43-23-21-36(27-37)48(35)50(42)43)52-54-34(8)25-47(56-52)41-17-12-10-15-32(41)6;1-20(2)27-15-25-11-13-28-30(34-18-32(21(3)4)40-38(42-34)23(7)8)17-31(29-14-12-26(16-27)36(25)37(28)29)35-19-33(22(5)6)41-39(43-35)24(9)10;1-17(2)27-13-28(18(3)4)24-10-12-26-30(34-20(6)22(8)36-16-38-34)14-29(33-19(5)21(7)35-15-37-33)25-11-9-23(27)31(24)32(25)26/h9-30H,1-8H3;11-24H,1-10H3;9-18H,1-8H3. The molecule has 21 rings (SSSR count). The van der Waals surface area contributed by atoms with Crippen LogP contribution in [0.25, 0.3) is 198 Å². The molecular formula is C125H124N12. The van der Waals surface area contributed by atoms with E-state index in [4.69, 9.17) is 49.8 Å². The lowest BCUT2D eigenvalue weighted by Crippen LogP contribution is -2.06. The van der Waals surface area contributed by atoms with E-state index in [2.05, 4.69) is 402 Å². The number of nitrogens with zero attached hydrogens (tertiary/aromatic N) is 12. The van der Waals surface area contributed by atoms with E-state index in [9.17, 15) is 0 Å². The van der Waals surface area contributed by atoms with Crippen molar-refractivity contribution in [1.82, 2.24) is 59.8 Å². The Labute approximate surface area is 807 Å². The van der Waals surface area contributed by atoms with Crippen LogP contribution < -0.4 is 0 Å². The van der Waals surface area contributed by atoms with Crippen LogP contribution in [0, 0.1) is 55.4 Å². The molecule has 0 saturated heterocycles. The van der Waals surface area contributed by atoms with Crippen LogP contribution in [-0.4, -0.2) is 59.8 Å². The molecule has 12 nitrogen and oxygen atoms in total. The summed E-state index contributed by atoms with van der Waals surface area (Å²) >= 11 is 0. The summed E-state index contributed by atoms with van der Waals surface area (Å²) in [5.74, 6) is 6.36. The van der Waals surface area contributed by atoms with Crippen molar-refractivity contribution in [2.45, 2.75) is 233 Å². The van der Waals surface area contributed by atoms with E-state index in [1.165, 1.54) is 136 Å². The summed E-state index contributed by atoms with van der Waals surface area (Å²) in [6.45, 7) is 57.2. The zero-order valence-electron chi connectivity index (χ0n) is 84.4. The summed E-state index contributed by atoms with van der Waals surface area (Å²) in [5.41, 5.74) is 34.6. The van der Waals surface area contributed by atoms with Gasteiger partial charge in [-0.15, -0.1) is 0 Å². The van der Waals surface area contributed by atoms with Crippen LogP contribution in [-0.2, 0) is 0 Å². The lowest BCUT2D eigenvalue weighted by Gasteiger charge is -2.23. The lowest BCUT2D eigenvalue weighted by molar-refractivity contribution is 0.731. The molecule has 0 unspecified atom stereocenters. The van der Waals surface area contributed by atoms with Crippen molar-refractivity contribution in [1.29, 1.82) is 0 Å². The summed E-state index contributed by atoms with van der Waals surface area (Å²) in [4.78, 5) is 59.7. The molecule has 12 heteroatoms. The summed E-state index contributed by atoms with van der Waals surface area (Å²) in [5, 5.41) is 22.5. The first-order valence-electron chi connectivity index (χ1n) is 49.3. The first-order valence-corrected chi connectivity index (χ1v) is 49.3. The van der Waals surface area contributed by atoms with Crippen molar-refractivity contribution in [2.75, 3.05) is 0 Å². The molecule has 0 saturated carbocycles. The van der Waals surface area contributed by atoms with Crippen LogP contribution >= 0.6 is 0 Å². The van der Waals surface area contributed by atoms with Gasteiger partial charge in [0.05, 0.1) is 34.2 Å². The van der Waals surface area contributed by atoms with Gasteiger partial charge >= 0.3 is 0 Å². The van der Waals surface area contributed by atoms with Gasteiger partial charge in [0.25, 0.3) is 0 Å².